The number of alkyl halides is 2. The maximum atomic E-state index is 14.9. The van der Waals surface area contributed by atoms with Gasteiger partial charge in [0, 0.05) is 11.1 Å². The minimum atomic E-state index is -1.86. The van der Waals surface area contributed by atoms with Crippen molar-refractivity contribution in [2.75, 3.05) is 6.61 Å². The molecule has 4 rings (SSSR count). The van der Waals surface area contributed by atoms with Gasteiger partial charge in [0.15, 0.2) is 17.7 Å². The molecular weight excluding hydrogens is 507 g/mol. The highest BCUT2D eigenvalue weighted by Gasteiger charge is 2.33. The topological polar surface area (TPSA) is 9.23 Å². The zero-order valence-corrected chi connectivity index (χ0v) is 22.4. The summed E-state index contributed by atoms with van der Waals surface area (Å²) in [5.74, 6) is -1.92. The standard InChI is InChI=1S/C33H35F5O/c1-3-4-5-6-22-8-10-23(11-9-22)33(38)31(37)20-39-32-16-13-25(19-30(32)36)27-15-12-24(18-29(27)35)26-14-7-21(2)17-28(26)34/h3-4,7,12-19,22-23,31,33H,5-6,8-11,20H2,1-2H3/b4-3+. The largest absolute Gasteiger partial charge is 0.487 e. The Bertz CT molecular complexity index is 1280. The lowest BCUT2D eigenvalue weighted by Crippen LogP contribution is -2.33. The van der Waals surface area contributed by atoms with E-state index in [-0.39, 0.29) is 28.4 Å². The first-order valence-electron chi connectivity index (χ1n) is 13.6. The van der Waals surface area contributed by atoms with Gasteiger partial charge >= 0.3 is 0 Å². The van der Waals surface area contributed by atoms with Crippen LogP contribution in [0.5, 0.6) is 5.75 Å². The third-order valence-corrected chi connectivity index (χ3v) is 7.71. The molecule has 0 aromatic heterocycles. The van der Waals surface area contributed by atoms with Gasteiger partial charge in [0.2, 0.25) is 0 Å². The van der Waals surface area contributed by atoms with Gasteiger partial charge in [0.25, 0.3) is 0 Å². The summed E-state index contributed by atoms with van der Waals surface area (Å²) in [7, 11) is 0. The number of allylic oxidation sites excluding steroid dienone is 2. The van der Waals surface area contributed by atoms with E-state index in [0.717, 1.165) is 37.3 Å². The van der Waals surface area contributed by atoms with Crippen molar-refractivity contribution in [3.8, 4) is 28.0 Å². The Morgan fingerprint density at radius 2 is 1.44 bits per heavy atom. The minimum Gasteiger partial charge on any atom is -0.487 e. The van der Waals surface area contributed by atoms with E-state index in [9.17, 15) is 22.0 Å². The fourth-order valence-corrected chi connectivity index (χ4v) is 5.41. The second kappa shape index (κ2) is 13.3. The van der Waals surface area contributed by atoms with Crippen LogP contribution in [0.3, 0.4) is 0 Å². The van der Waals surface area contributed by atoms with Gasteiger partial charge in [-0.3, -0.25) is 0 Å². The Hall–Kier alpha value is -3.15. The summed E-state index contributed by atoms with van der Waals surface area (Å²) >= 11 is 0. The Morgan fingerprint density at radius 3 is 2.05 bits per heavy atom. The van der Waals surface area contributed by atoms with Crippen LogP contribution < -0.4 is 4.74 Å². The second-order valence-corrected chi connectivity index (χ2v) is 10.5. The van der Waals surface area contributed by atoms with E-state index in [2.05, 4.69) is 6.08 Å². The van der Waals surface area contributed by atoms with Gasteiger partial charge < -0.3 is 4.74 Å². The highest BCUT2D eigenvalue weighted by molar-refractivity contribution is 5.72. The van der Waals surface area contributed by atoms with Crippen LogP contribution in [0.2, 0.25) is 0 Å². The lowest BCUT2D eigenvalue weighted by atomic mass is 9.77. The van der Waals surface area contributed by atoms with Crippen LogP contribution in [0.1, 0.15) is 51.0 Å². The number of aryl methyl sites for hydroxylation is 1. The van der Waals surface area contributed by atoms with Crippen molar-refractivity contribution < 1.29 is 26.7 Å². The number of hydrogen-bond donors (Lipinski definition) is 0. The number of ether oxygens (including phenoxy) is 1. The van der Waals surface area contributed by atoms with Crippen LogP contribution in [0.4, 0.5) is 22.0 Å². The van der Waals surface area contributed by atoms with Crippen molar-refractivity contribution in [3.63, 3.8) is 0 Å². The molecule has 0 spiro atoms. The first-order valence-corrected chi connectivity index (χ1v) is 13.6. The predicted octanol–water partition coefficient (Wildman–Crippen LogP) is 9.96. The summed E-state index contributed by atoms with van der Waals surface area (Å²) in [4.78, 5) is 0. The summed E-state index contributed by atoms with van der Waals surface area (Å²) in [6, 6.07) is 12.8. The van der Waals surface area contributed by atoms with Crippen LogP contribution in [-0.2, 0) is 0 Å². The van der Waals surface area contributed by atoms with Crippen molar-refractivity contribution in [2.45, 2.75) is 64.7 Å². The summed E-state index contributed by atoms with van der Waals surface area (Å²) < 4.78 is 78.7. The molecule has 1 saturated carbocycles. The molecule has 1 nitrogen and oxygen atoms in total. The zero-order valence-electron chi connectivity index (χ0n) is 22.4. The van der Waals surface area contributed by atoms with Crippen molar-refractivity contribution in [2.24, 2.45) is 11.8 Å². The van der Waals surface area contributed by atoms with Crippen LogP contribution in [-0.4, -0.2) is 19.0 Å². The Kier molecular flexibility index (Phi) is 9.82. The molecule has 0 radical (unpaired) electrons. The van der Waals surface area contributed by atoms with Gasteiger partial charge in [-0.2, -0.15) is 0 Å². The molecule has 0 heterocycles. The molecular formula is C33H35F5O. The smallest absolute Gasteiger partial charge is 0.165 e. The first-order chi connectivity index (χ1) is 18.8. The van der Waals surface area contributed by atoms with Gasteiger partial charge in [-0.25, -0.2) is 22.0 Å². The first kappa shape index (κ1) is 28.8. The molecule has 1 aliphatic carbocycles. The molecule has 3 aromatic rings. The molecule has 1 aliphatic rings. The molecule has 0 aliphatic heterocycles. The van der Waals surface area contributed by atoms with Crippen LogP contribution in [0, 0.1) is 36.2 Å². The van der Waals surface area contributed by atoms with Crippen LogP contribution in [0.15, 0.2) is 66.7 Å². The normalized spacial score (nSPS) is 19.3. The third kappa shape index (κ3) is 7.28. The van der Waals surface area contributed by atoms with E-state index in [1.807, 2.05) is 13.0 Å². The zero-order chi connectivity index (χ0) is 27.9. The average Bonchev–Trinajstić information content (AvgIpc) is 2.92. The van der Waals surface area contributed by atoms with Crippen molar-refractivity contribution in [1.82, 2.24) is 0 Å². The number of halogens is 5. The molecule has 39 heavy (non-hydrogen) atoms. The van der Waals surface area contributed by atoms with Crippen LogP contribution in [0.25, 0.3) is 22.3 Å². The van der Waals surface area contributed by atoms with E-state index in [1.54, 1.807) is 25.1 Å². The molecule has 208 valence electrons. The summed E-state index contributed by atoms with van der Waals surface area (Å²) in [6.07, 6.45) is 5.80. The number of hydrogen-bond acceptors (Lipinski definition) is 1. The number of benzene rings is 3. The van der Waals surface area contributed by atoms with Crippen LogP contribution >= 0.6 is 0 Å². The highest BCUT2D eigenvalue weighted by atomic mass is 19.2. The summed E-state index contributed by atoms with van der Waals surface area (Å²) in [5, 5.41) is 0. The number of rotatable bonds is 10. The lowest BCUT2D eigenvalue weighted by Gasteiger charge is -2.31. The molecule has 2 unspecified atom stereocenters. The third-order valence-electron chi connectivity index (χ3n) is 7.71. The quantitative estimate of drug-likeness (QED) is 0.183. The minimum absolute atomic E-state index is 0.130. The van der Waals surface area contributed by atoms with Crippen molar-refractivity contribution in [3.05, 3.63) is 89.8 Å². The van der Waals surface area contributed by atoms with Gasteiger partial charge in [0.1, 0.15) is 24.4 Å². The van der Waals surface area contributed by atoms with Gasteiger partial charge in [-0.1, -0.05) is 55.3 Å². The molecule has 3 aromatic carbocycles. The van der Waals surface area contributed by atoms with E-state index in [4.69, 9.17) is 4.74 Å². The molecule has 0 N–H and O–H groups in total. The van der Waals surface area contributed by atoms with Gasteiger partial charge in [-0.05, 0) is 92.3 Å². The molecule has 0 bridgehead atoms. The van der Waals surface area contributed by atoms with E-state index >= 15 is 0 Å². The fourth-order valence-electron chi connectivity index (χ4n) is 5.41. The molecule has 6 heteroatoms. The Morgan fingerprint density at radius 1 is 0.821 bits per heavy atom. The molecule has 2 atom stereocenters. The van der Waals surface area contributed by atoms with Crippen molar-refractivity contribution >= 4 is 0 Å². The van der Waals surface area contributed by atoms with E-state index in [1.165, 1.54) is 30.3 Å². The van der Waals surface area contributed by atoms with E-state index in [0.29, 0.717) is 24.3 Å². The average molecular weight is 543 g/mol. The Balaban J connectivity index is 1.34. The van der Waals surface area contributed by atoms with Gasteiger partial charge in [0.05, 0.1) is 0 Å². The maximum absolute atomic E-state index is 14.9. The SMILES string of the molecule is C/C=C/CCC1CCC(C(F)C(F)COc2ccc(-c3ccc(-c4ccc(C)cc4F)cc3F)cc2F)CC1. The predicted molar refractivity (Wildman–Crippen MR) is 147 cm³/mol. The highest BCUT2D eigenvalue weighted by Crippen LogP contribution is 2.36. The Labute approximate surface area is 227 Å². The van der Waals surface area contributed by atoms with E-state index < -0.39 is 36.4 Å². The fraction of sp³-hybridized carbons (Fsp3) is 0.394. The molecule has 1 fully saturated rings. The molecule has 0 amide bonds. The maximum Gasteiger partial charge on any atom is 0.165 e. The monoisotopic (exact) mass is 542 g/mol. The molecule has 0 saturated heterocycles. The van der Waals surface area contributed by atoms with Gasteiger partial charge in [-0.15, -0.1) is 0 Å². The van der Waals surface area contributed by atoms with Crippen molar-refractivity contribution in [1.29, 1.82) is 0 Å². The second-order valence-electron chi connectivity index (χ2n) is 10.5. The summed E-state index contributed by atoms with van der Waals surface area (Å²) in [6.45, 7) is 3.16. The lowest BCUT2D eigenvalue weighted by molar-refractivity contribution is 0.0483. The summed E-state index contributed by atoms with van der Waals surface area (Å²) in [5.41, 5.74) is 1.77.